The molecule has 0 atom stereocenters. The molecule has 0 fully saturated rings. The summed E-state index contributed by atoms with van der Waals surface area (Å²) in [6, 6.07) is 8.58. The Labute approximate surface area is 86.0 Å². The van der Waals surface area contributed by atoms with E-state index in [4.69, 9.17) is 5.73 Å². The maximum absolute atomic E-state index is 11.2. The quantitative estimate of drug-likeness (QED) is 0.717. The summed E-state index contributed by atoms with van der Waals surface area (Å²) >= 11 is 0.716. The molecular weight excluding hydrogens is 200 g/mol. The highest BCUT2D eigenvalue weighted by atomic mass is 32.2. The lowest BCUT2D eigenvalue weighted by atomic mass is 10.2. The van der Waals surface area contributed by atoms with Crippen LogP contribution in [0.2, 0.25) is 0 Å². The maximum atomic E-state index is 11.2. The molecule has 2 amide bonds. The number of benzene rings is 1. The summed E-state index contributed by atoms with van der Waals surface area (Å²) in [5.74, 6) is 0. The first-order valence-electron chi connectivity index (χ1n) is 3.97. The second-order valence-electron chi connectivity index (χ2n) is 2.60. The summed E-state index contributed by atoms with van der Waals surface area (Å²) in [7, 11) is 0. The molecule has 0 spiro atoms. The first-order chi connectivity index (χ1) is 6.68. The van der Waals surface area contributed by atoms with Crippen LogP contribution in [0.3, 0.4) is 0 Å². The van der Waals surface area contributed by atoms with E-state index < -0.39 is 6.03 Å². The average Bonchev–Trinajstić information content (AvgIpc) is 2.16. The van der Waals surface area contributed by atoms with Gasteiger partial charge in [0.2, 0.25) is 5.12 Å². The van der Waals surface area contributed by atoms with Crippen molar-refractivity contribution < 1.29 is 9.59 Å². The molecule has 3 N–H and O–H groups in total. The van der Waals surface area contributed by atoms with Crippen molar-refractivity contribution in [3.05, 3.63) is 35.9 Å². The smallest absolute Gasteiger partial charge is 0.322 e. The fraction of sp³-hybridized carbons (Fsp3) is 0.111. The van der Waals surface area contributed by atoms with Gasteiger partial charge >= 0.3 is 6.03 Å². The summed E-state index contributed by atoms with van der Waals surface area (Å²) < 4.78 is 2.17. The molecule has 0 radical (unpaired) electrons. The number of carbonyl (C=O) groups excluding carboxylic acids is 2. The Morgan fingerprint density at radius 2 is 1.93 bits per heavy atom. The van der Waals surface area contributed by atoms with Gasteiger partial charge in [-0.05, 0) is 5.56 Å². The first-order valence-corrected chi connectivity index (χ1v) is 4.79. The lowest BCUT2D eigenvalue weighted by Gasteiger charge is -1.99. The van der Waals surface area contributed by atoms with Crippen LogP contribution in [0.5, 0.6) is 0 Å². The summed E-state index contributed by atoms with van der Waals surface area (Å²) in [6.07, 6.45) is 0.284. The highest BCUT2D eigenvalue weighted by Crippen LogP contribution is 2.05. The number of urea groups is 1. The van der Waals surface area contributed by atoms with Crippen molar-refractivity contribution in [2.75, 3.05) is 0 Å². The molecule has 0 aromatic heterocycles. The summed E-state index contributed by atoms with van der Waals surface area (Å²) in [5, 5.41) is -0.144. The lowest BCUT2D eigenvalue weighted by molar-refractivity contribution is -0.110. The second kappa shape index (κ2) is 5.29. The predicted molar refractivity (Wildman–Crippen MR) is 55.5 cm³/mol. The first kappa shape index (κ1) is 10.6. The average molecular weight is 210 g/mol. The summed E-state index contributed by atoms with van der Waals surface area (Å²) in [6.45, 7) is 0. The minimum atomic E-state index is -0.712. The largest absolute Gasteiger partial charge is 0.351 e. The molecule has 14 heavy (non-hydrogen) atoms. The molecule has 0 unspecified atom stereocenters. The van der Waals surface area contributed by atoms with Crippen molar-refractivity contribution in [2.45, 2.75) is 6.42 Å². The molecule has 0 aliphatic heterocycles. The molecular formula is C9H10N2O2S. The number of amides is 2. The Bertz CT molecular complexity index is 327. The van der Waals surface area contributed by atoms with E-state index in [2.05, 4.69) is 4.72 Å². The SMILES string of the molecule is NC(=O)NSC(=O)Cc1ccccc1. The Kier molecular flexibility index (Phi) is 4.00. The van der Waals surface area contributed by atoms with Crippen LogP contribution < -0.4 is 10.5 Å². The van der Waals surface area contributed by atoms with Gasteiger partial charge in [0, 0.05) is 18.4 Å². The molecule has 0 bridgehead atoms. The Morgan fingerprint density at radius 3 is 2.50 bits per heavy atom. The minimum absolute atomic E-state index is 0.144. The van der Waals surface area contributed by atoms with Gasteiger partial charge in [-0.25, -0.2) is 4.79 Å². The molecule has 1 aromatic rings. The van der Waals surface area contributed by atoms with Gasteiger partial charge in [-0.3, -0.25) is 9.52 Å². The Morgan fingerprint density at radius 1 is 1.29 bits per heavy atom. The van der Waals surface area contributed by atoms with Crippen LogP contribution in [0.4, 0.5) is 4.79 Å². The molecule has 0 saturated heterocycles. The third-order valence-corrected chi connectivity index (χ3v) is 2.13. The maximum Gasteiger partial charge on any atom is 0.322 e. The molecule has 0 saturated carbocycles. The van der Waals surface area contributed by atoms with Crippen molar-refractivity contribution in [1.82, 2.24) is 4.72 Å². The molecule has 0 heterocycles. The van der Waals surface area contributed by atoms with E-state index in [0.29, 0.717) is 11.9 Å². The lowest BCUT2D eigenvalue weighted by Crippen LogP contribution is -2.24. The van der Waals surface area contributed by atoms with Crippen LogP contribution in [0.1, 0.15) is 5.56 Å². The molecule has 4 nitrogen and oxygen atoms in total. The summed E-state index contributed by atoms with van der Waals surface area (Å²) in [4.78, 5) is 21.5. The number of nitrogens with two attached hydrogens (primary N) is 1. The fourth-order valence-electron chi connectivity index (χ4n) is 0.906. The van der Waals surface area contributed by atoms with Crippen LogP contribution in [-0.2, 0) is 11.2 Å². The van der Waals surface area contributed by atoms with Crippen LogP contribution >= 0.6 is 11.9 Å². The Hall–Kier alpha value is -1.49. The van der Waals surface area contributed by atoms with E-state index >= 15 is 0 Å². The van der Waals surface area contributed by atoms with Gasteiger partial charge in [0.15, 0.2) is 0 Å². The van der Waals surface area contributed by atoms with E-state index in [-0.39, 0.29) is 11.5 Å². The molecule has 1 rings (SSSR count). The minimum Gasteiger partial charge on any atom is -0.351 e. The van der Waals surface area contributed by atoms with Gasteiger partial charge in [0.05, 0.1) is 0 Å². The van der Waals surface area contributed by atoms with E-state index in [1.165, 1.54) is 0 Å². The molecule has 1 aromatic carbocycles. The molecule has 74 valence electrons. The third-order valence-electron chi connectivity index (χ3n) is 1.46. The van der Waals surface area contributed by atoms with Crippen LogP contribution in [0, 0.1) is 0 Å². The van der Waals surface area contributed by atoms with Crippen molar-refractivity contribution in [3.63, 3.8) is 0 Å². The van der Waals surface area contributed by atoms with E-state index in [1.807, 2.05) is 30.3 Å². The summed E-state index contributed by atoms with van der Waals surface area (Å²) in [5.41, 5.74) is 5.72. The third kappa shape index (κ3) is 3.95. The highest BCUT2D eigenvalue weighted by molar-refractivity contribution is 8.12. The van der Waals surface area contributed by atoms with Gasteiger partial charge < -0.3 is 5.73 Å². The molecule has 0 aliphatic carbocycles. The molecule has 0 aliphatic rings. The van der Waals surface area contributed by atoms with Gasteiger partial charge in [-0.15, -0.1) is 0 Å². The zero-order valence-corrected chi connectivity index (χ0v) is 8.21. The number of carbonyl (C=O) groups is 2. The van der Waals surface area contributed by atoms with Crippen molar-refractivity contribution >= 4 is 23.1 Å². The number of hydrogen-bond acceptors (Lipinski definition) is 3. The number of primary amides is 1. The van der Waals surface area contributed by atoms with Crippen LogP contribution in [-0.4, -0.2) is 11.1 Å². The van der Waals surface area contributed by atoms with Crippen molar-refractivity contribution in [1.29, 1.82) is 0 Å². The fourth-order valence-corrected chi connectivity index (χ4v) is 1.36. The van der Waals surface area contributed by atoms with Gasteiger partial charge in [-0.2, -0.15) is 0 Å². The monoisotopic (exact) mass is 210 g/mol. The standard InChI is InChI=1S/C9H10N2O2S/c10-9(13)11-14-8(12)6-7-4-2-1-3-5-7/h1-5H,6H2,(H3,10,11,13). The van der Waals surface area contributed by atoms with Gasteiger partial charge in [-0.1, -0.05) is 30.3 Å². The number of rotatable bonds is 2. The van der Waals surface area contributed by atoms with E-state index in [1.54, 1.807) is 0 Å². The normalized spacial score (nSPS) is 9.43. The highest BCUT2D eigenvalue weighted by Gasteiger charge is 2.04. The van der Waals surface area contributed by atoms with E-state index in [0.717, 1.165) is 5.56 Å². The zero-order chi connectivity index (χ0) is 10.4. The van der Waals surface area contributed by atoms with Crippen LogP contribution in [0.15, 0.2) is 30.3 Å². The van der Waals surface area contributed by atoms with Crippen molar-refractivity contribution in [2.24, 2.45) is 5.73 Å². The Balaban J connectivity index is 2.38. The topological polar surface area (TPSA) is 72.2 Å². The van der Waals surface area contributed by atoms with Gasteiger partial charge in [0.1, 0.15) is 0 Å². The zero-order valence-electron chi connectivity index (χ0n) is 7.40. The molecule has 5 heteroatoms. The van der Waals surface area contributed by atoms with E-state index in [9.17, 15) is 9.59 Å². The number of nitrogens with one attached hydrogen (secondary N) is 1. The predicted octanol–water partition coefficient (Wildman–Crippen LogP) is 1.07. The van der Waals surface area contributed by atoms with Gasteiger partial charge in [0.25, 0.3) is 0 Å². The van der Waals surface area contributed by atoms with Crippen molar-refractivity contribution in [3.8, 4) is 0 Å². The number of hydrogen-bond donors (Lipinski definition) is 2. The van der Waals surface area contributed by atoms with Crippen LogP contribution in [0.25, 0.3) is 0 Å². The second-order valence-corrected chi connectivity index (χ2v) is 3.47.